The Kier molecular flexibility index (Phi) is 3.83. The minimum atomic E-state index is 0.0876. The number of hydrogen-bond acceptors (Lipinski definition) is 4. The van der Waals surface area contributed by atoms with E-state index >= 15 is 0 Å². The van der Waals surface area contributed by atoms with Gasteiger partial charge in [-0.1, -0.05) is 19.9 Å². The molecule has 0 radical (unpaired) electrons. The quantitative estimate of drug-likeness (QED) is 0.853. The third kappa shape index (κ3) is 2.92. The summed E-state index contributed by atoms with van der Waals surface area (Å²) in [5, 5.41) is 3.87. The lowest BCUT2D eigenvalue weighted by Gasteiger charge is -2.03. The topological polar surface area (TPSA) is 70.1 Å². The highest BCUT2D eigenvalue weighted by molar-refractivity contribution is 5.95. The molecule has 5 heteroatoms. The summed E-state index contributed by atoms with van der Waals surface area (Å²) in [6, 6.07) is 0. The van der Waals surface area contributed by atoms with Gasteiger partial charge in [-0.05, 0) is 24.8 Å². The van der Waals surface area contributed by atoms with Crippen LogP contribution in [0.3, 0.4) is 0 Å². The maximum Gasteiger partial charge on any atom is 0.202 e. The van der Waals surface area contributed by atoms with Crippen LogP contribution in [0.5, 0.6) is 0 Å². The Morgan fingerprint density at radius 1 is 1.53 bits per heavy atom. The number of nitrogens with one attached hydrogen (secondary N) is 2. The van der Waals surface area contributed by atoms with E-state index in [4.69, 9.17) is 0 Å². The number of carbonyl (C=O) groups is 1. The van der Waals surface area contributed by atoms with Crippen molar-refractivity contribution < 1.29 is 4.79 Å². The van der Waals surface area contributed by atoms with Crippen molar-refractivity contribution in [3.8, 4) is 0 Å². The molecule has 0 bridgehead atoms. The number of H-pyrrole nitrogens is 1. The Hall–Kier alpha value is -1.91. The van der Waals surface area contributed by atoms with Crippen LogP contribution in [-0.2, 0) is 4.79 Å². The van der Waals surface area contributed by atoms with Gasteiger partial charge in [-0.15, -0.1) is 0 Å². The molecule has 0 amide bonds. The maximum atomic E-state index is 12.1. The second-order valence-electron chi connectivity index (χ2n) is 5.24. The van der Waals surface area contributed by atoms with Gasteiger partial charge in [0.15, 0.2) is 11.3 Å². The minimum Gasteiger partial charge on any atom is -0.359 e. The number of aromatic nitrogens is 2. The van der Waals surface area contributed by atoms with Crippen molar-refractivity contribution in [2.24, 2.45) is 10.9 Å². The molecule has 0 spiro atoms. The Labute approximate surface area is 112 Å². The van der Waals surface area contributed by atoms with Crippen LogP contribution in [-0.4, -0.2) is 22.8 Å². The van der Waals surface area contributed by atoms with Crippen molar-refractivity contribution >= 4 is 17.3 Å². The molecule has 0 unspecified atom stereocenters. The zero-order chi connectivity index (χ0) is 14.0. The van der Waals surface area contributed by atoms with Gasteiger partial charge in [0.2, 0.25) is 5.95 Å². The van der Waals surface area contributed by atoms with Gasteiger partial charge in [-0.25, -0.2) is 4.99 Å². The molecule has 19 heavy (non-hydrogen) atoms. The highest BCUT2D eigenvalue weighted by Crippen LogP contribution is 2.12. The molecule has 1 aromatic rings. The predicted octanol–water partition coefficient (Wildman–Crippen LogP) is 1.14. The first-order chi connectivity index (χ1) is 9.01. The van der Waals surface area contributed by atoms with Crippen molar-refractivity contribution in [3.63, 3.8) is 0 Å². The predicted molar refractivity (Wildman–Crippen MR) is 75.2 cm³/mol. The molecule has 0 saturated carbocycles. The summed E-state index contributed by atoms with van der Waals surface area (Å²) in [7, 11) is 1.80. The van der Waals surface area contributed by atoms with Gasteiger partial charge in [0.05, 0.1) is 5.35 Å². The number of imidazole rings is 1. The van der Waals surface area contributed by atoms with Gasteiger partial charge in [0.25, 0.3) is 0 Å². The molecule has 0 saturated heterocycles. The third-order valence-corrected chi connectivity index (χ3v) is 3.06. The lowest BCUT2D eigenvalue weighted by atomic mass is 10.0. The molecule has 0 aliphatic carbocycles. The Bertz CT molecular complexity index is 637. The third-order valence-electron chi connectivity index (χ3n) is 3.06. The fourth-order valence-electron chi connectivity index (χ4n) is 2.02. The summed E-state index contributed by atoms with van der Waals surface area (Å²) in [6.45, 7) is 6.09. The summed E-state index contributed by atoms with van der Waals surface area (Å²) in [4.78, 5) is 24.1. The van der Waals surface area contributed by atoms with Crippen LogP contribution in [0.15, 0.2) is 16.8 Å². The standard InChI is InChI=1S/C14H20N4O/c1-8(2)7-11(19)10-6-5-9(3)12-13(16-10)18-14(15-4)17-12/h6,8H,5,7H2,1-4H3,(H2,15,16,17,18). The lowest BCUT2D eigenvalue weighted by molar-refractivity contribution is -0.116. The molecule has 102 valence electrons. The SMILES string of the molecule is CNc1nc2c([nH]1)=C(C)CC=C(C(=O)CC(C)C)N=2. The van der Waals surface area contributed by atoms with Crippen molar-refractivity contribution in [2.45, 2.75) is 33.6 Å². The van der Waals surface area contributed by atoms with Gasteiger partial charge in [0, 0.05) is 13.5 Å². The van der Waals surface area contributed by atoms with Crippen molar-refractivity contribution in [2.75, 3.05) is 12.4 Å². The Morgan fingerprint density at radius 2 is 2.26 bits per heavy atom. The van der Waals surface area contributed by atoms with E-state index in [9.17, 15) is 4.79 Å². The Balaban J connectivity index is 2.44. The monoisotopic (exact) mass is 260 g/mol. The lowest BCUT2D eigenvalue weighted by Crippen LogP contribution is -2.26. The van der Waals surface area contributed by atoms with Crippen LogP contribution >= 0.6 is 0 Å². The van der Waals surface area contributed by atoms with E-state index in [1.54, 1.807) is 7.05 Å². The summed E-state index contributed by atoms with van der Waals surface area (Å²) < 4.78 is 0. The molecular weight excluding hydrogens is 240 g/mol. The second kappa shape index (κ2) is 5.38. The van der Waals surface area contributed by atoms with Crippen molar-refractivity contribution in [3.05, 3.63) is 22.6 Å². The van der Waals surface area contributed by atoms with E-state index < -0.39 is 0 Å². The van der Waals surface area contributed by atoms with E-state index in [-0.39, 0.29) is 5.78 Å². The van der Waals surface area contributed by atoms with Crippen LogP contribution < -0.4 is 16.2 Å². The van der Waals surface area contributed by atoms with E-state index in [1.165, 1.54) is 0 Å². The fraction of sp³-hybridized carbons (Fsp3) is 0.500. The van der Waals surface area contributed by atoms with Crippen LogP contribution in [0.4, 0.5) is 5.95 Å². The van der Waals surface area contributed by atoms with E-state index in [0.29, 0.717) is 29.5 Å². The van der Waals surface area contributed by atoms with E-state index in [2.05, 4.69) is 20.3 Å². The molecule has 0 atom stereocenters. The van der Waals surface area contributed by atoms with Crippen molar-refractivity contribution in [1.82, 2.24) is 9.97 Å². The summed E-state index contributed by atoms with van der Waals surface area (Å²) in [6.07, 6.45) is 3.14. The van der Waals surface area contributed by atoms with Crippen LogP contribution in [0.1, 0.15) is 33.6 Å². The number of carbonyl (C=O) groups excluding carboxylic acids is 1. The van der Waals surface area contributed by atoms with Gasteiger partial charge in [-0.2, -0.15) is 4.98 Å². The van der Waals surface area contributed by atoms with Crippen molar-refractivity contribution in [1.29, 1.82) is 0 Å². The Morgan fingerprint density at radius 3 is 2.89 bits per heavy atom. The molecule has 0 fully saturated rings. The van der Waals surface area contributed by atoms with Gasteiger partial charge in [-0.3, -0.25) is 4.79 Å². The van der Waals surface area contributed by atoms with E-state index in [1.807, 2.05) is 26.8 Å². The zero-order valence-electron chi connectivity index (χ0n) is 11.9. The van der Waals surface area contributed by atoms with Crippen LogP contribution in [0, 0.1) is 5.92 Å². The number of rotatable bonds is 4. The second-order valence-corrected chi connectivity index (χ2v) is 5.24. The zero-order valence-corrected chi connectivity index (χ0v) is 11.9. The molecule has 1 aromatic heterocycles. The van der Waals surface area contributed by atoms with Crippen LogP contribution in [0.25, 0.3) is 5.57 Å². The molecular formula is C14H20N4O. The number of fused-ring (bicyclic) bond motifs is 1. The highest BCUT2D eigenvalue weighted by Gasteiger charge is 2.14. The average molecular weight is 260 g/mol. The van der Waals surface area contributed by atoms with Gasteiger partial charge >= 0.3 is 0 Å². The molecule has 1 aliphatic heterocycles. The minimum absolute atomic E-state index is 0.0876. The van der Waals surface area contributed by atoms with Gasteiger partial charge in [0.1, 0.15) is 5.70 Å². The number of allylic oxidation sites excluding steroid dienone is 2. The summed E-state index contributed by atoms with van der Waals surface area (Å²) >= 11 is 0. The number of ketones is 1. The highest BCUT2D eigenvalue weighted by atomic mass is 16.1. The number of Topliss-reactive ketones (excluding diaryl/α,β-unsaturated/α-hetero) is 1. The maximum absolute atomic E-state index is 12.1. The smallest absolute Gasteiger partial charge is 0.202 e. The van der Waals surface area contributed by atoms with E-state index in [0.717, 1.165) is 17.3 Å². The first-order valence-corrected chi connectivity index (χ1v) is 6.57. The first kappa shape index (κ1) is 13.5. The van der Waals surface area contributed by atoms with Gasteiger partial charge < -0.3 is 10.3 Å². The number of nitrogens with zero attached hydrogens (tertiary/aromatic N) is 2. The fourth-order valence-corrected chi connectivity index (χ4v) is 2.02. The molecule has 5 nitrogen and oxygen atoms in total. The number of anilines is 1. The van der Waals surface area contributed by atoms with Crippen LogP contribution in [0.2, 0.25) is 0 Å². The first-order valence-electron chi connectivity index (χ1n) is 6.57. The normalized spacial score (nSPS) is 14.6. The number of aromatic amines is 1. The molecule has 2 rings (SSSR count). The largest absolute Gasteiger partial charge is 0.359 e. The number of hydrogen-bond donors (Lipinski definition) is 2. The summed E-state index contributed by atoms with van der Waals surface area (Å²) in [5.74, 6) is 1.10. The molecule has 0 aromatic carbocycles. The molecule has 2 N–H and O–H groups in total. The summed E-state index contributed by atoms with van der Waals surface area (Å²) in [5.41, 5.74) is 2.27. The average Bonchev–Trinajstić information content (AvgIpc) is 2.69. The molecule has 2 heterocycles. The molecule has 1 aliphatic rings.